The second-order valence-electron chi connectivity index (χ2n) is 5.48. The molecule has 0 atom stereocenters. The van der Waals surface area contributed by atoms with Gasteiger partial charge in [-0.25, -0.2) is 4.90 Å². The fourth-order valence-corrected chi connectivity index (χ4v) is 3.20. The van der Waals surface area contributed by atoms with E-state index in [9.17, 15) is 5.11 Å². The van der Waals surface area contributed by atoms with Crippen LogP contribution in [0.2, 0.25) is 0 Å². The topological polar surface area (TPSA) is 41.9 Å². The predicted molar refractivity (Wildman–Crippen MR) is 84.4 cm³/mol. The van der Waals surface area contributed by atoms with E-state index in [1.54, 1.807) is 20.3 Å². The Morgan fingerprint density at radius 1 is 1.00 bits per heavy atom. The molecule has 0 radical (unpaired) electrons. The highest BCUT2D eigenvalue weighted by molar-refractivity contribution is 5.36. The lowest BCUT2D eigenvalue weighted by molar-refractivity contribution is -0.311. The summed E-state index contributed by atoms with van der Waals surface area (Å²) in [4.78, 5) is 2.18. The van der Waals surface area contributed by atoms with Crippen LogP contribution in [0, 0.1) is 0 Å². The molecule has 0 bridgehead atoms. The molecule has 2 aromatic carbocycles. The Hall–Kier alpha value is -1.88. The summed E-state index contributed by atoms with van der Waals surface area (Å²) in [6, 6.07) is 15.5. The molecule has 0 unspecified atom stereocenters. The van der Waals surface area contributed by atoms with Crippen molar-refractivity contribution in [2.45, 2.75) is 18.9 Å². The third-order valence-electron chi connectivity index (χ3n) is 4.31. The van der Waals surface area contributed by atoms with E-state index in [2.05, 4.69) is 4.90 Å². The van der Waals surface area contributed by atoms with Gasteiger partial charge >= 0.3 is 0 Å². The SMILES string of the molecule is COC(OC)(c1ccccc1)N1CCc2cc(O)ccc2C1. The largest absolute Gasteiger partial charge is 0.508 e. The minimum Gasteiger partial charge on any atom is -0.508 e. The summed E-state index contributed by atoms with van der Waals surface area (Å²) in [5.41, 5.74) is 3.35. The molecule has 1 aliphatic heterocycles. The van der Waals surface area contributed by atoms with Gasteiger partial charge < -0.3 is 14.6 Å². The average molecular weight is 299 g/mol. The van der Waals surface area contributed by atoms with E-state index in [1.165, 1.54) is 11.1 Å². The Morgan fingerprint density at radius 3 is 2.41 bits per heavy atom. The summed E-state index contributed by atoms with van der Waals surface area (Å²) in [6.45, 7) is 1.51. The Labute approximate surface area is 130 Å². The van der Waals surface area contributed by atoms with Crippen LogP contribution < -0.4 is 0 Å². The zero-order valence-electron chi connectivity index (χ0n) is 13.0. The highest BCUT2D eigenvalue weighted by atomic mass is 16.7. The van der Waals surface area contributed by atoms with Crippen molar-refractivity contribution in [2.75, 3.05) is 20.8 Å². The monoisotopic (exact) mass is 299 g/mol. The second-order valence-corrected chi connectivity index (χ2v) is 5.48. The minimum absolute atomic E-state index is 0.319. The van der Waals surface area contributed by atoms with Crippen molar-refractivity contribution in [3.63, 3.8) is 0 Å². The summed E-state index contributed by atoms with van der Waals surface area (Å²) in [6.07, 6.45) is 0.852. The molecule has 0 amide bonds. The van der Waals surface area contributed by atoms with Crippen molar-refractivity contribution in [3.05, 3.63) is 65.2 Å². The Bertz CT molecular complexity index is 638. The summed E-state index contributed by atoms with van der Waals surface area (Å²) in [7, 11) is 3.34. The second kappa shape index (κ2) is 6.08. The molecule has 4 nitrogen and oxygen atoms in total. The summed E-state index contributed by atoms with van der Waals surface area (Å²) in [5, 5.41) is 9.62. The highest BCUT2D eigenvalue weighted by Gasteiger charge is 2.40. The van der Waals surface area contributed by atoms with Crippen LogP contribution in [0.3, 0.4) is 0 Å². The first-order valence-electron chi connectivity index (χ1n) is 7.41. The molecule has 116 valence electrons. The van der Waals surface area contributed by atoms with Gasteiger partial charge in [-0.1, -0.05) is 36.4 Å². The van der Waals surface area contributed by atoms with Crippen LogP contribution in [0.4, 0.5) is 0 Å². The lowest BCUT2D eigenvalue weighted by Gasteiger charge is -2.43. The van der Waals surface area contributed by atoms with Crippen molar-refractivity contribution in [3.8, 4) is 5.75 Å². The lowest BCUT2D eigenvalue weighted by Crippen LogP contribution is -2.51. The Morgan fingerprint density at radius 2 is 1.73 bits per heavy atom. The normalized spacial score (nSPS) is 15.5. The maximum absolute atomic E-state index is 9.62. The van der Waals surface area contributed by atoms with Crippen LogP contribution in [0.25, 0.3) is 0 Å². The van der Waals surface area contributed by atoms with Gasteiger partial charge in [-0.05, 0) is 29.7 Å². The van der Waals surface area contributed by atoms with E-state index in [-0.39, 0.29) is 0 Å². The molecule has 0 saturated heterocycles. The molecule has 0 aliphatic carbocycles. The number of phenolic OH excluding ortho intramolecular Hbond substituents is 1. The number of phenols is 1. The van der Waals surface area contributed by atoms with E-state index in [0.717, 1.165) is 18.5 Å². The van der Waals surface area contributed by atoms with Crippen LogP contribution in [-0.4, -0.2) is 30.8 Å². The van der Waals surface area contributed by atoms with Gasteiger partial charge in [0.15, 0.2) is 0 Å². The average Bonchev–Trinajstić information content (AvgIpc) is 2.57. The minimum atomic E-state index is -0.892. The number of ether oxygens (including phenoxy) is 2. The van der Waals surface area contributed by atoms with Crippen molar-refractivity contribution in [2.24, 2.45) is 0 Å². The number of hydrogen-bond donors (Lipinski definition) is 1. The smallest absolute Gasteiger partial charge is 0.258 e. The molecule has 4 heteroatoms. The molecule has 1 aliphatic rings. The van der Waals surface area contributed by atoms with Gasteiger partial charge in [0.25, 0.3) is 5.91 Å². The van der Waals surface area contributed by atoms with Gasteiger partial charge in [0.05, 0.1) is 0 Å². The summed E-state index contributed by atoms with van der Waals surface area (Å²) >= 11 is 0. The quantitative estimate of drug-likeness (QED) is 0.882. The number of benzene rings is 2. The van der Waals surface area contributed by atoms with Gasteiger partial charge in [-0.15, -0.1) is 0 Å². The zero-order valence-corrected chi connectivity index (χ0v) is 13.0. The van der Waals surface area contributed by atoms with E-state index >= 15 is 0 Å². The van der Waals surface area contributed by atoms with E-state index in [0.29, 0.717) is 12.3 Å². The van der Waals surface area contributed by atoms with Gasteiger partial charge in [0.1, 0.15) is 5.75 Å². The maximum Gasteiger partial charge on any atom is 0.258 e. The molecular weight excluding hydrogens is 278 g/mol. The number of nitrogens with zero attached hydrogens (tertiary/aromatic N) is 1. The van der Waals surface area contributed by atoms with Crippen LogP contribution >= 0.6 is 0 Å². The molecule has 0 fully saturated rings. The van der Waals surface area contributed by atoms with E-state index in [1.807, 2.05) is 42.5 Å². The molecule has 1 N–H and O–H groups in total. The number of hydrogen-bond acceptors (Lipinski definition) is 4. The molecular formula is C18H21NO3. The fourth-order valence-electron chi connectivity index (χ4n) is 3.20. The van der Waals surface area contributed by atoms with Crippen LogP contribution in [0.1, 0.15) is 16.7 Å². The van der Waals surface area contributed by atoms with Crippen molar-refractivity contribution < 1.29 is 14.6 Å². The first-order valence-corrected chi connectivity index (χ1v) is 7.41. The number of rotatable bonds is 4. The standard InChI is InChI=1S/C18H21NO3/c1-21-18(22-2,16-6-4-3-5-7-16)19-11-10-14-12-17(20)9-8-15(14)13-19/h3-9,12,20H,10-11,13H2,1-2H3. The van der Waals surface area contributed by atoms with Gasteiger partial charge in [-0.2, -0.15) is 0 Å². The van der Waals surface area contributed by atoms with Gasteiger partial charge in [0.2, 0.25) is 0 Å². The molecule has 0 saturated carbocycles. The molecule has 2 aromatic rings. The summed E-state index contributed by atoms with van der Waals surface area (Å²) in [5.74, 6) is -0.573. The number of fused-ring (bicyclic) bond motifs is 1. The molecule has 3 rings (SSSR count). The van der Waals surface area contributed by atoms with Gasteiger partial charge in [0, 0.05) is 32.9 Å². The van der Waals surface area contributed by atoms with Gasteiger partial charge in [-0.3, -0.25) is 0 Å². The van der Waals surface area contributed by atoms with Crippen LogP contribution in [0.5, 0.6) is 5.75 Å². The fraction of sp³-hybridized carbons (Fsp3) is 0.333. The predicted octanol–water partition coefficient (Wildman–Crippen LogP) is 2.85. The zero-order chi connectivity index (χ0) is 15.6. The third kappa shape index (κ3) is 2.50. The number of methoxy groups -OCH3 is 2. The van der Waals surface area contributed by atoms with E-state index in [4.69, 9.17) is 9.47 Å². The van der Waals surface area contributed by atoms with Crippen LogP contribution in [0.15, 0.2) is 48.5 Å². The number of aromatic hydroxyl groups is 1. The Balaban J connectivity index is 1.96. The van der Waals surface area contributed by atoms with Crippen molar-refractivity contribution in [1.82, 2.24) is 4.90 Å². The highest BCUT2D eigenvalue weighted by Crippen LogP contribution is 2.35. The van der Waals surface area contributed by atoms with E-state index < -0.39 is 5.91 Å². The first-order chi connectivity index (χ1) is 10.7. The molecule has 22 heavy (non-hydrogen) atoms. The van der Waals surface area contributed by atoms with Crippen molar-refractivity contribution >= 4 is 0 Å². The summed E-state index contributed by atoms with van der Waals surface area (Å²) < 4.78 is 11.6. The van der Waals surface area contributed by atoms with Crippen molar-refractivity contribution in [1.29, 1.82) is 0 Å². The lowest BCUT2D eigenvalue weighted by atomic mass is 9.97. The molecule has 1 heterocycles. The Kier molecular flexibility index (Phi) is 4.16. The third-order valence-corrected chi connectivity index (χ3v) is 4.31. The molecule has 0 aromatic heterocycles. The molecule has 0 spiro atoms. The van der Waals surface area contributed by atoms with Crippen LogP contribution in [-0.2, 0) is 28.4 Å². The first kappa shape index (κ1) is 15.0. The maximum atomic E-state index is 9.62.